The van der Waals surface area contributed by atoms with Crippen LogP contribution < -0.4 is 20.7 Å². The van der Waals surface area contributed by atoms with E-state index in [0.29, 0.717) is 16.3 Å². The van der Waals surface area contributed by atoms with E-state index in [1.807, 2.05) is 0 Å². The second kappa shape index (κ2) is 10.8. The highest BCUT2D eigenvalue weighted by Crippen LogP contribution is 2.20. The van der Waals surface area contributed by atoms with Crippen LogP contribution in [0.3, 0.4) is 0 Å². The highest BCUT2D eigenvalue weighted by Gasteiger charge is 2.15. The van der Waals surface area contributed by atoms with Gasteiger partial charge in [-0.25, -0.2) is 17.6 Å². The lowest BCUT2D eigenvalue weighted by Crippen LogP contribution is -2.39. The zero-order chi connectivity index (χ0) is 23.8. The zero-order valence-electron chi connectivity index (χ0n) is 17.1. The Hall–Kier alpha value is -3.63. The first kappa shape index (κ1) is 24.0. The van der Waals surface area contributed by atoms with Gasteiger partial charge in [0.2, 0.25) is 5.91 Å². The third-order valence-electron chi connectivity index (χ3n) is 4.30. The van der Waals surface area contributed by atoms with Gasteiger partial charge >= 0.3 is 6.03 Å². The van der Waals surface area contributed by atoms with Crippen molar-refractivity contribution in [1.29, 1.82) is 0 Å². The fourth-order valence-corrected chi connectivity index (χ4v) is 3.92. The Morgan fingerprint density at radius 1 is 0.879 bits per heavy atom. The van der Waals surface area contributed by atoms with Crippen molar-refractivity contribution in [3.8, 4) is 0 Å². The molecule has 0 spiro atoms. The third-order valence-corrected chi connectivity index (χ3v) is 5.93. The summed E-state index contributed by atoms with van der Waals surface area (Å²) in [5.41, 5.74) is 1.28. The number of urea groups is 1. The molecule has 0 bridgehead atoms. The molecule has 0 aliphatic heterocycles. The molecular formula is C22H20ClFN4O4S. The minimum atomic E-state index is -3.89. The highest BCUT2D eigenvalue weighted by molar-refractivity contribution is 7.92. The molecule has 0 saturated carbocycles. The second-order valence-electron chi connectivity index (χ2n) is 6.85. The van der Waals surface area contributed by atoms with Crippen LogP contribution in [0.25, 0.3) is 0 Å². The number of anilines is 2. The first-order valence-corrected chi connectivity index (χ1v) is 11.5. The molecule has 11 heteroatoms. The molecule has 0 atom stereocenters. The number of benzene rings is 3. The molecule has 0 aliphatic carbocycles. The number of carbonyl (C=O) groups excluding carboxylic acids is 2. The average molecular weight is 491 g/mol. The van der Waals surface area contributed by atoms with E-state index in [2.05, 4.69) is 20.7 Å². The quantitative estimate of drug-likeness (QED) is 0.385. The van der Waals surface area contributed by atoms with Gasteiger partial charge in [-0.2, -0.15) is 0 Å². The molecule has 3 aromatic rings. The van der Waals surface area contributed by atoms with Crippen LogP contribution in [-0.4, -0.2) is 26.9 Å². The van der Waals surface area contributed by atoms with Crippen molar-refractivity contribution < 1.29 is 22.4 Å². The van der Waals surface area contributed by atoms with Crippen LogP contribution in [0.4, 0.5) is 20.6 Å². The number of amides is 3. The summed E-state index contributed by atoms with van der Waals surface area (Å²) in [4.78, 5) is 23.9. The van der Waals surface area contributed by atoms with Crippen molar-refractivity contribution in [2.75, 3.05) is 16.6 Å². The molecule has 8 nitrogen and oxygen atoms in total. The zero-order valence-corrected chi connectivity index (χ0v) is 18.7. The largest absolute Gasteiger partial charge is 0.334 e. The normalized spacial score (nSPS) is 10.8. The summed E-state index contributed by atoms with van der Waals surface area (Å²) in [6.07, 6.45) is 0. The molecule has 3 aromatic carbocycles. The average Bonchev–Trinajstić information content (AvgIpc) is 2.79. The van der Waals surface area contributed by atoms with E-state index in [4.69, 9.17) is 11.6 Å². The Balaban J connectivity index is 1.51. The minimum Gasteiger partial charge on any atom is -0.334 e. The van der Waals surface area contributed by atoms with E-state index in [0.717, 1.165) is 0 Å². The van der Waals surface area contributed by atoms with Gasteiger partial charge in [0.25, 0.3) is 10.0 Å². The summed E-state index contributed by atoms with van der Waals surface area (Å²) >= 11 is 5.81. The van der Waals surface area contributed by atoms with Crippen LogP contribution in [0.5, 0.6) is 0 Å². The third kappa shape index (κ3) is 7.48. The predicted octanol–water partition coefficient (Wildman–Crippen LogP) is 3.72. The summed E-state index contributed by atoms with van der Waals surface area (Å²) in [5.74, 6) is -0.926. The Labute approximate surface area is 195 Å². The Kier molecular flexibility index (Phi) is 7.86. The first-order valence-electron chi connectivity index (χ1n) is 9.66. The van der Waals surface area contributed by atoms with Crippen molar-refractivity contribution in [1.82, 2.24) is 10.6 Å². The Morgan fingerprint density at radius 3 is 2.27 bits per heavy atom. The molecule has 0 saturated heterocycles. The van der Waals surface area contributed by atoms with Crippen molar-refractivity contribution in [3.05, 3.63) is 89.2 Å². The number of hydrogen-bond acceptors (Lipinski definition) is 4. The molecule has 0 unspecified atom stereocenters. The molecule has 3 rings (SSSR count). The molecule has 172 valence electrons. The maximum Gasteiger partial charge on any atom is 0.315 e. The number of carbonyl (C=O) groups is 2. The number of halogens is 2. The van der Waals surface area contributed by atoms with Gasteiger partial charge in [0.15, 0.2) is 0 Å². The van der Waals surface area contributed by atoms with Gasteiger partial charge in [-0.15, -0.1) is 0 Å². The second-order valence-corrected chi connectivity index (χ2v) is 8.97. The van der Waals surface area contributed by atoms with Crippen molar-refractivity contribution >= 4 is 44.9 Å². The Bertz CT molecular complexity index is 1240. The van der Waals surface area contributed by atoms with Gasteiger partial charge in [-0.3, -0.25) is 9.52 Å². The standard InChI is InChI=1S/C22H20ClFN4O4S/c23-16-6-10-18(11-7-16)28-33(31,32)20-3-1-2-19(12-20)27-21(29)14-26-22(30)25-13-15-4-8-17(24)9-5-15/h1-12,28H,13-14H2,(H,27,29)(H2,25,26,30). The molecule has 0 fully saturated rings. The van der Waals surface area contributed by atoms with Gasteiger partial charge in [-0.05, 0) is 60.2 Å². The molecule has 0 heterocycles. The maximum absolute atomic E-state index is 12.9. The summed E-state index contributed by atoms with van der Waals surface area (Å²) in [6, 6.07) is 16.9. The van der Waals surface area contributed by atoms with Crippen molar-refractivity contribution in [3.63, 3.8) is 0 Å². The van der Waals surface area contributed by atoms with E-state index in [1.54, 1.807) is 12.1 Å². The summed E-state index contributed by atoms with van der Waals surface area (Å²) in [7, 11) is -3.89. The summed E-state index contributed by atoms with van der Waals surface area (Å²) < 4.78 is 40.5. The van der Waals surface area contributed by atoms with Crippen LogP contribution >= 0.6 is 11.6 Å². The van der Waals surface area contributed by atoms with Gasteiger partial charge in [0, 0.05) is 22.9 Å². The lowest BCUT2D eigenvalue weighted by molar-refractivity contribution is -0.115. The number of sulfonamides is 1. The molecule has 33 heavy (non-hydrogen) atoms. The number of hydrogen-bond donors (Lipinski definition) is 4. The topological polar surface area (TPSA) is 116 Å². The summed E-state index contributed by atoms with van der Waals surface area (Å²) in [5, 5.41) is 7.93. The van der Waals surface area contributed by atoms with Crippen LogP contribution in [-0.2, 0) is 21.4 Å². The number of nitrogens with one attached hydrogen (secondary N) is 4. The molecule has 0 radical (unpaired) electrons. The van der Waals surface area contributed by atoms with E-state index >= 15 is 0 Å². The van der Waals surface area contributed by atoms with E-state index in [1.165, 1.54) is 60.7 Å². The fourth-order valence-electron chi connectivity index (χ4n) is 2.69. The van der Waals surface area contributed by atoms with E-state index in [9.17, 15) is 22.4 Å². The van der Waals surface area contributed by atoms with Crippen LogP contribution in [0.15, 0.2) is 77.7 Å². The van der Waals surface area contributed by atoms with Crippen molar-refractivity contribution in [2.24, 2.45) is 0 Å². The molecular weight excluding hydrogens is 471 g/mol. The Morgan fingerprint density at radius 2 is 1.58 bits per heavy atom. The van der Waals surface area contributed by atoms with Crippen LogP contribution in [0.1, 0.15) is 5.56 Å². The van der Waals surface area contributed by atoms with Crippen LogP contribution in [0.2, 0.25) is 5.02 Å². The summed E-state index contributed by atoms with van der Waals surface area (Å²) in [6.45, 7) is -0.177. The monoisotopic (exact) mass is 490 g/mol. The molecule has 0 aliphatic rings. The van der Waals surface area contributed by atoms with Gasteiger partial charge in [-0.1, -0.05) is 29.8 Å². The van der Waals surface area contributed by atoms with Gasteiger partial charge in [0.05, 0.1) is 11.4 Å². The van der Waals surface area contributed by atoms with Crippen molar-refractivity contribution in [2.45, 2.75) is 11.4 Å². The highest BCUT2D eigenvalue weighted by atomic mass is 35.5. The van der Waals surface area contributed by atoms with Crippen LogP contribution in [0, 0.1) is 5.82 Å². The minimum absolute atomic E-state index is 0.0553. The fraction of sp³-hybridized carbons (Fsp3) is 0.0909. The molecule has 4 N–H and O–H groups in total. The molecule has 0 aromatic heterocycles. The SMILES string of the molecule is O=C(CNC(=O)NCc1ccc(F)cc1)Nc1cccc(S(=O)(=O)Nc2ccc(Cl)cc2)c1. The lowest BCUT2D eigenvalue weighted by Gasteiger charge is -2.11. The maximum atomic E-state index is 12.9. The smallest absolute Gasteiger partial charge is 0.315 e. The first-order chi connectivity index (χ1) is 15.7. The molecule has 3 amide bonds. The van der Waals surface area contributed by atoms with E-state index in [-0.39, 0.29) is 29.5 Å². The number of rotatable bonds is 8. The van der Waals surface area contributed by atoms with Gasteiger partial charge in [0.1, 0.15) is 5.82 Å². The van der Waals surface area contributed by atoms with E-state index < -0.39 is 22.0 Å². The predicted molar refractivity (Wildman–Crippen MR) is 124 cm³/mol. The van der Waals surface area contributed by atoms with Gasteiger partial charge < -0.3 is 16.0 Å². The lowest BCUT2D eigenvalue weighted by atomic mass is 10.2.